The monoisotopic (exact) mass is 359 g/mol. The predicted octanol–water partition coefficient (Wildman–Crippen LogP) is 3.63. The van der Waals surface area contributed by atoms with Crippen LogP contribution >= 0.6 is 15.9 Å². The van der Waals surface area contributed by atoms with Gasteiger partial charge in [0.05, 0.1) is 4.90 Å². The van der Waals surface area contributed by atoms with E-state index in [0.717, 1.165) is 38.5 Å². The van der Waals surface area contributed by atoms with Gasteiger partial charge in [-0.05, 0) is 37.0 Å². The second-order valence-corrected chi connectivity index (χ2v) is 7.86. The van der Waals surface area contributed by atoms with Crippen molar-refractivity contribution in [1.82, 2.24) is 4.72 Å². The summed E-state index contributed by atoms with van der Waals surface area (Å²) in [5.74, 6) is 0. The topological polar surface area (TPSA) is 46.2 Å². The van der Waals surface area contributed by atoms with E-state index >= 15 is 0 Å². The highest BCUT2D eigenvalue weighted by molar-refractivity contribution is 9.09. The minimum Gasteiger partial charge on any atom is -0.207 e. The van der Waals surface area contributed by atoms with E-state index in [2.05, 4.69) is 27.6 Å². The lowest BCUT2D eigenvalue weighted by Gasteiger charge is -2.27. The van der Waals surface area contributed by atoms with E-state index in [-0.39, 0.29) is 5.54 Å². The van der Waals surface area contributed by atoms with Gasteiger partial charge in [0.25, 0.3) is 0 Å². The lowest BCUT2D eigenvalue weighted by molar-refractivity contribution is 0.438. The molecule has 1 aliphatic carbocycles. The Morgan fingerprint density at radius 2 is 1.80 bits per heavy atom. The van der Waals surface area contributed by atoms with E-state index in [9.17, 15) is 8.42 Å². The molecule has 20 heavy (non-hydrogen) atoms. The molecule has 1 aromatic carbocycles. The molecule has 1 aromatic rings. The lowest BCUT2D eigenvalue weighted by atomic mass is 10.0. The Labute approximate surface area is 130 Å². The van der Waals surface area contributed by atoms with Gasteiger partial charge in [0.2, 0.25) is 10.0 Å². The van der Waals surface area contributed by atoms with Crippen molar-refractivity contribution in [3.8, 4) is 0 Å². The second-order valence-electron chi connectivity index (χ2n) is 5.62. The molecule has 5 heteroatoms. The molecule has 0 atom stereocenters. The zero-order valence-electron chi connectivity index (χ0n) is 11.9. The van der Waals surface area contributed by atoms with Crippen LogP contribution in [0.15, 0.2) is 29.2 Å². The Kier molecular flexibility index (Phi) is 5.26. The first-order valence-corrected chi connectivity index (χ1v) is 9.81. The largest absolute Gasteiger partial charge is 0.241 e. The first kappa shape index (κ1) is 16.0. The van der Waals surface area contributed by atoms with E-state index in [4.69, 9.17) is 0 Å². The normalized spacial score (nSPS) is 18.3. The van der Waals surface area contributed by atoms with Crippen molar-refractivity contribution < 1.29 is 8.42 Å². The highest BCUT2D eigenvalue weighted by Gasteiger charge is 2.36. The number of hydrogen-bond donors (Lipinski definition) is 1. The van der Waals surface area contributed by atoms with E-state index in [1.165, 1.54) is 5.56 Å². The fourth-order valence-corrected chi connectivity index (χ4v) is 5.13. The minimum atomic E-state index is -3.43. The van der Waals surface area contributed by atoms with Gasteiger partial charge in [0.1, 0.15) is 0 Å². The third-order valence-electron chi connectivity index (χ3n) is 3.94. The molecule has 1 N–H and O–H groups in total. The summed E-state index contributed by atoms with van der Waals surface area (Å²) in [4.78, 5) is 0.365. The van der Waals surface area contributed by atoms with Crippen LogP contribution in [0.2, 0.25) is 0 Å². The standard InChI is InChI=1S/C15H22BrNO2S/c1-2-5-13-6-8-14(9-7-13)20(18,19)17-15(12-16)10-3-4-11-15/h6-9,17H,2-5,10-12H2,1H3. The summed E-state index contributed by atoms with van der Waals surface area (Å²) in [7, 11) is -3.43. The van der Waals surface area contributed by atoms with Crippen LogP contribution in [0.1, 0.15) is 44.6 Å². The van der Waals surface area contributed by atoms with Gasteiger partial charge >= 0.3 is 0 Å². The molecule has 0 aromatic heterocycles. The molecule has 1 saturated carbocycles. The van der Waals surface area contributed by atoms with Gasteiger partial charge in [0.15, 0.2) is 0 Å². The molecule has 0 spiro atoms. The van der Waals surface area contributed by atoms with Crippen LogP contribution in [-0.2, 0) is 16.4 Å². The van der Waals surface area contributed by atoms with Crippen LogP contribution in [-0.4, -0.2) is 19.3 Å². The molecule has 0 saturated heterocycles. The first-order valence-electron chi connectivity index (χ1n) is 7.20. The van der Waals surface area contributed by atoms with Crippen molar-refractivity contribution in [2.24, 2.45) is 0 Å². The highest BCUT2D eigenvalue weighted by atomic mass is 79.9. The Morgan fingerprint density at radius 3 is 2.30 bits per heavy atom. The van der Waals surface area contributed by atoms with Crippen LogP contribution in [0.4, 0.5) is 0 Å². The molecule has 0 radical (unpaired) electrons. The van der Waals surface area contributed by atoms with Crippen molar-refractivity contribution in [2.45, 2.75) is 55.9 Å². The molecule has 1 aliphatic rings. The van der Waals surface area contributed by atoms with E-state index in [0.29, 0.717) is 10.2 Å². The SMILES string of the molecule is CCCc1ccc(S(=O)(=O)NC2(CBr)CCCC2)cc1. The maximum atomic E-state index is 12.5. The summed E-state index contributed by atoms with van der Waals surface area (Å²) < 4.78 is 27.9. The van der Waals surface area contributed by atoms with Gasteiger partial charge in [-0.25, -0.2) is 13.1 Å². The van der Waals surface area contributed by atoms with E-state index < -0.39 is 10.0 Å². The number of benzene rings is 1. The van der Waals surface area contributed by atoms with Gasteiger partial charge < -0.3 is 0 Å². The number of aryl methyl sites for hydroxylation is 1. The average molecular weight is 360 g/mol. The van der Waals surface area contributed by atoms with E-state index in [1.54, 1.807) is 12.1 Å². The van der Waals surface area contributed by atoms with E-state index in [1.807, 2.05) is 12.1 Å². The average Bonchev–Trinajstić information content (AvgIpc) is 2.88. The lowest BCUT2D eigenvalue weighted by Crippen LogP contribution is -2.47. The Hall–Kier alpha value is -0.390. The van der Waals surface area contributed by atoms with Crippen molar-refractivity contribution in [3.05, 3.63) is 29.8 Å². The summed E-state index contributed by atoms with van der Waals surface area (Å²) in [6, 6.07) is 7.25. The Balaban J connectivity index is 2.17. The number of nitrogens with one attached hydrogen (secondary N) is 1. The maximum absolute atomic E-state index is 12.5. The van der Waals surface area contributed by atoms with Crippen LogP contribution in [0.5, 0.6) is 0 Å². The Morgan fingerprint density at radius 1 is 1.20 bits per heavy atom. The molecule has 0 amide bonds. The molecular weight excluding hydrogens is 338 g/mol. The number of hydrogen-bond acceptors (Lipinski definition) is 2. The summed E-state index contributed by atoms with van der Waals surface area (Å²) in [6.45, 7) is 2.12. The first-order chi connectivity index (χ1) is 9.51. The maximum Gasteiger partial charge on any atom is 0.241 e. The molecule has 0 bridgehead atoms. The van der Waals surface area contributed by atoms with Crippen LogP contribution in [0, 0.1) is 0 Å². The van der Waals surface area contributed by atoms with Crippen molar-refractivity contribution in [1.29, 1.82) is 0 Å². The minimum absolute atomic E-state index is 0.305. The Bertz CT molecular complexity index is 533. The molecule has 0 aliphatic heterocycles. The molecule has 2 rings (SSSR count). The smallest absolute Gasteiger partial charge is 0.207 e. The molecular formula is C15H22BrNO2S. The van der Waals surface area contributed by atoms with Gasteiger partial charge in [-0.15, -0.1) is 0 Å². The van der Waals surface area contributed by atoms with Crippen LogP contribution < -0.4 is 4.72 Å². The highest BCUT2D eigenvalue weighted by Crippen LogP contribution is 2.32. The van der Waals surface area contributed by atoms with Crippen molar-refractivity contribution in [2.75, 3.05) is 5.33 Å². The van der Waals surface area contributed by atoms with Gasteiger partial charge in [-0.2, -0.15) is 0 Å². The number of halogens is 1. The summed E-state index contributed by atoms with van der Waals surface area (Å²) in [5, 5.41) is 0.674. The summed E-state index contributed by atoms with van der Waals surface area (Å²) in [5.41, 5.74) is 0.878. The number of rotatable bonds is 6. The zero-order chi connectivity index (χ0) is 14.6. The third-order valence-corrected chi connectivity index (χ3v) is 6.61. The second kappa shape index (κ2) is 6.58. The third kappa shape index (κ3) is 3.62. The summed E-state index contributed by atoms with van der Waals surface area (Å²) in [6.07, 6.45) is 6.04. The van der Waals surface area contributed by atoms with Gasteiger partial charge in [-0.3, -0.25) is 0 Å². The zero-order valence-corrected chi connectivity index (χ0v) is 14.3. The molecule has 0 heterocycles. The van der Waals surface area contributed by atoms with Gasteiger partial charge in [-0.1, -0.05) is 54.2 Å². The summed E-state index contributed by atoms with van der Waals surface area (Å²) >= 11 is 3.46. The number of sulfonamides is 1. The molecule has 3 nitrogen and oxygen atoms in total. The number of alkyl halides is 1. The fourth-order valence-electron chi connectivity index (χ4n) is 2.78. The predicted molar refractivity (Wildman–Crippen MR) is 85.8 cm³/mol. The molecule has 1 fully saturated rings. The van der Waals surface area contributed by atoms with Crippen LogP contribution in [0.25, 0.3) is 0 Å². The van der Waals surface area contributed by atoms with Gasteiger partial charge in [0, 0.05) is 10.9 Å². The quantitative estimate of drug-likeness (QED) is 0.788. The van der Waals surface area contributed by atoms with Crippen LogP contribution in [0.3, 0.4) is 0 Å². The molecule has 112 valence electrons. The fraction of sp³-hybridized carbons (Fsp3) is 0.600. The van der Waals surface area contributed by atoms with Crippen molar-refractivity contribution in [3.63, 3.8) is 0 Å². The molecule has 0 unspecified atom stereocenters. The van der Waals surface area contributed by atoms with Crippen molar-refractivity contribution >= 4 is 26.0 Å².